The molecule has 0 spiro atoms. The first-order valence-electron chi connectivity index (χ1n) is 6.88. The lowest BCUT2D eigenvalue weighted by molar-refractivity contribution is -0.0296. The van der Waals surface area contributed by atoms with Gasteiger partial charge in [-0.15, -0.1) is 0 Å². The van der Waals surface area contributed by atoms with Gasteiger partial charge in [-0.25, -0.2) is 0 Å². The van der Waals surface area contributed by atoms with Crippen molar-refractivity contribution in [3.05, 3.63) is 0 Å². The Hall–Kier alpha value is 0.230. The van der Waals surface area contributed by atoms with Crippen molar-refractivity contribution in [2.75, 3.05) is 5.75 Å². The summed E-state index contributed by atoms with van der Waals surface area (Å²) in [6.07, 6.45) is 8.07. The molecule has 2 N–H and O–H groups in total. The molecule has 2 aliphatic rings. The summed E-state index contributed by atoms with van der Waals surface area (Å²) >= 11 is 4.19. The molecule has 0 aromatic heterocycles. The van der Waals surface area contributed by atoms with Crippen molar-refractivity contribution >= 4 is 12.6 Å². The molecule has 4 heteroatoms. The highest BCUT2D eigenvalue weighted by Gasteiger charge is 2.45. The highest BCUT2D eigenvalue weighted by atomic mass is 32.1. The van der Waals surface area contributed by atoms with Crippen molar-refractivity contribution in [1.82, 2.24) is 0 Å². The Morgan fingerprint density at radius 2 is 2.12 bits per heavy atom. The molecule has 1 aliphatic carbocycles. The number of thiol groups is 1. The molecule has 0 bridgehead atoms. The summed E-state index contributed by atoms with van der Waals surface area (Å²) in [4.78, 5) is 0. The third-order valence-corrected chi connectivity index (χ3v) is 4.25. The van der Waals surface area contributed by atoms with Gasteiger partial charge in [-0.3, -0.25) is 0 Å². The van der Waals surface area contributed by atoms with Gasteiger partial charge >= 0.3 is 0 Å². The summed E-state index contributed by atoms with van der Waals surface area (Å²) in [6, 6.07) is 0.00862. The lowest BCUT2D eigenvalue weighted by Crippen LogP contribution is -2.31. The molecule has 100 valence electrons. The zero-order valence-corrected chi connectivity index (χ0v) is 11.6. The van der Waals surface area contributed by atoms with Crippen LogP contribution in [0.1, 0.15) is 45.4 Å². The van der Waals surface area contributed by atoms with Crippen molar-refractivity contribution in [2.45, 2.75) is 70.0 Å². The zero-order chi connectivity index (χ0) is 12.3. The molecular weight excluding hydrogens is 234 g/mol. The van der Waals surface area contributed by atoms with Gasteiger partial charge < -0.3 is 15.2 Å². The topological polar surface area (TPSA) is 47.8 Å². The molecule has 5 unspecified atom stereocenters. The maximum absolute atomic E-state index is 6.01. The first-order valence-corrected chi connectivity index (χ1v) is 7.51. The normalized spacial score (nSPS) is 40.4. The molecule has 0 amide bonds. The molecule has 1 aliphatic heterocycles. The summed E-state index contributed by atoms with van der Waals surface area (Å²) in [6.45, 7) is 2.33. The lowest BCUT2D eigenvalue weighted by Gasteiger charge is -2.23. The maximum Gasteiger partial charge on any atom is 0.186 e. The minimum Gasteiger partial charge on any atom is -0.347 e. The van der Waals surface area contributed by atoms with E-state index < -0.39 is 0 Å². The first kappa shape index (κ1) is 13.7. The fourth-order valence-electron chi connectivity index (χ4n) is 2.67. The zero-order valence-electron chi connectivity index (χ0n) is 10.7. The second-order valence-corrected chi connectivity index (χ2v) is 5.92. The summed E-state index contributed by atoms with van der Waals surface area (Å²) in [7, 11) is 0. The van der Waals surface area contributed by atoms with E-state index in [2.05, 4.69) is 19.6 Å². The summed E-state index contributed by atoms with van der Waals surface area (Å²) < 4.78 is 11.5. The Kier molecular flexibility index (Phi) is 5.15. The number of nitrogens with two attached hydrogens (primary N) is 1. The SMILES string of the molecule is CC1CCCCCC(OC2OC2C(N)CS)C1. The van der Waals surface area contributed by atoms with E-state index in [0.717, 1.165) is 5.92 Å². The number of ether oxygens (including phenoxy) is 2. The minimum atomic E-state index is -0.0613. The Balaban J connectivity index is 1.74. The van der Waals surface area contributed by atoms with Crippen LogP contribution >= 0.6 is 12.6 Å². The highest BCUT2D eigenvalue weighted by Crippen LogP contribution is 2.32. The van der Waals surface area contributed by atoms with E-state index >= 15 is 0 Å². The quantitative estimate of drug-likeness (QED) is 0.602. The van der Waals surface area contributed by atoms with Crippen molar-refractivity contribution in [3.8, 4) is 0 Å². The minimum absolute atomic E-state index is 0.00862. The van der Waals surface area contributed by atoms with Gasteiger partial charge in [0.05, 0.1) is 6.10 Å². The average molecular weight is 259 g/mol. The molecule has 2 fully saturated rings. The van der Waals surface area contributed by atoms with Crippen LogP contribution in [-0.4, -0.2) is 30.3 Å². The summed E-state index contributed by atoms with van der Waals surface area (Å²) in [5.74, 6) is 1.43. The number of hydrogen-bond acceptors (Lipinski definition) is 4. The first-order chi connectivity index (χ1) is 8.20. The van der Waals surface area contributed by atoms with Crippen molar-refractivity contribution < 1.29 is 9.47 Å². The van der Waals surface area contributed by atoms with E-state index in [-0.39, 0.29) is 18.4 Å². The molecular formula is C13H25NO2S. The van der Waals surface area contributed by atoms with E-state index in [1.807, 2.05) is 0 Å². The fraction of sp³-hybridized carbons (Fsp3) is 1.00. The molecule has 1 heterocycles. The van der Waals surface area contributed by atoms with Gasteiger partial charge in [0, 0.05) is 11.8 Å². The third-order valence-electron chi connectivity index (χ3n) is 3.83. The average Bonchev–Trinajstić information content (AvgIpc) is 3.03. The largest absolute Gasteiger partial charge is 0.347 e. The van der Waals surface area contributed by atoms with Crippen LogP contribution in [0, 0.1) is 5.92 Å². The van der Waals surface area contributed by atoms with Gasteiger partial charge in [-0.2, -0.15) is 12.6 Å². The summed E-state index contributed by atoms with van der Waals surface area (Å²) in [5.41, 5.74) is 5.88. The molecule has 1 saturated carbocycles. The van der Waals surface area contributed by atoms with Crippen LogP contribution in [0.15, 0.2) is 0 Å². The van der Waals surface area contributed by atoms with Crippen LogP contribution in [0.3, 0.4) is 0 Å². The van der Waals surface area contributed by atoms with Crippen LogP contribution < -0.4 is 5.73 Å². The van der Waals surface area contributed by atoms with Gasteiger partial charge in [0.2, 0.25) is 0 Å². The van der Waals surface area contributed by atoms with E-state index in [1.165, 1.54) is 38.5 Å². The Bertz CT molecular complexity index is 239. The second-order valence-electron chi connectivity index (χ2n) is 5.55. The van der Waals surface area contributed by atoms with Gasteiger partial charge in [-0.1, -0.05) is 32.6 Å². The molecule has 3 nitrogen and oxygen atoms in total. The van der Waals surface area contributed by atoms with Crippen LogP contribution in [0.25, 0.3) is 0 Å². The van der Waals surface area contributed by atoms with Crippen LogP contribution in [-0.2, 0) is 9.47 Å². The predicted octanol–water partition coefficient (Wildman–Crippen LogP) is 2.34. The van der Waals surface area contributed by atoms with Crippen LogP contribution in [0.5, 0.6) is 0 Å². The van der Waals surface area contributed by atoms with Gasteiger partial charge in [0.25, 0.3) is 0 Å². The van der Waals surface area contributed by atoms with Crippen LogP contribution in [0.4, 0.5) is 0 Å². The molecule has 0 radical (unpaired) electrons. The molecule has 2 rings (SSSR count). The number of hydrogen-bond donors (Lipinski definition) is 2. The number of epoxide rings is 1. The monoisotopic (exact) mass is 259 g/mol. The molecule has 1 saturated heterocycles. The van der Waals surface area contributed by atoms with Gasteiger partial charge in [0.15, 0.2) is 6.29 Å². The van der Waals surface area contributed by atoms with E-state index in [1.54, 1.807) is 0 Å². The lowest BCUT2D eigenvalue weighted by atomic mass is 9.91. The Labute approximate surface area is 110 Å². The second kappa shape index (κ2) is 6.41. The Morgan fingerprint density at radius 1 is 1.35 bits per heavy atom. The smallest absolute Gasteiger partial charge is 0.186 e. The Morgan fingerprint density at radius 3 is 2.88 bits per heavy atom. The van der Waals surface area contributed by atoms with Crippen molar-refractivity contribution in [2.24, 2.45) is 11.7 Å². The summed E-state index contributed by atoms with van der Waals surface area (Å²) in [5, 5.41) is 0. The number of rotatable bonds is 4. The van der Waals surface area contributed by atoms with Crippen molar-refractivity contribution in [3.63, 3.8) is 0 Å². The molecule has 5 atom stereocenters. The van der Waals surface area contributed by atoms with Gasteiger partial charge in [0.1, 0.15) is 6.10 Å². The van der Waals surface area contributed by atoms with E-state index in [9.17, 15) is 0 Å². The highest BCUT2D eigenvalue weighted by molar-refractivity contribution is 7.80. The van der Waals surface area contributed by atoms with Gasteiger partial charge in [-0.05, 0) is 18.8 Å². The predicted molar refractivity (Wildman–Crippen MR) is 72.2 cm³/mol. The maximum atomic E-state index is 6.01. The van der Waals surface area contributed by atoms with E-state index in [4.69, 9.17) is 15.2 Å². The molecule has 0 aromatic carbocycles. The molecule has 17 heavy (non-hydrogen) atoms. The standard InChI is InChI=1S/C13H25NO2S/c1-9-5-3-2-4-6-10(7-9)15-13-12(16-13)11(14)8-17/h9-13,17H,2-8,14H2,1H3. The van der Waals surface area contributed by atoms with Crippen molar-refractivity contribution in [1.29, 1.82) is 0 Å². The van der Waals surface area contributed by atoms with Crippen LogP contribution in [0.2, 0.25) is 0 Å². The fourth-order valence-corrected chi connectivity index (χ4v) is 2.87. The molecule has 0 aromatic rings. The van der Waals surface area contributed by atoms with E-state index in [0.29, 0.717) is 11.9 Å². The third kappa shape index (κ3) is 4.12.